The first kappa shape index (κ1) is 17.2. The Hall–Kier alpha value is -2.96. The van der Waals surface area contributed by atoms with Crippen molar-refractivity contribution in [2.45, 2.75) is 44.1 Å². The lowest BCUT2D eigenvalue weighted by Crippen LogP contribution is -2.34. The van der Waals surface area contributed by atoms with E-state index < -0.39 is 0 Å². The highest BCUT2D eigenvalue weighted by Crippen LogP contribution is 2.39. The van der Waals surface area contributed by atoms with E-state index in [1.165, 1.54) is 12.8 Å². The van der Waals surface area contributed by atoms with Crippen LogP contribution in [0, 0.1) is 0 Å². The molecule has 2 fully saturated rings. The van der Waals surface area contributed by atoms with E-state index in [9.17, 15) is 0 Å². The van der Waals surface area contributed by atoms with Crippen molar-refractivity contribution in [2.75, 3.05) is 18.0 Å². The minimum absolute atomic E-state index is 0.352. The van der Waals surface area contributed by atoms with E-state index >= 15 is 0 Å². The van der Waals surface area contributed by atoms with Crippen LogP contribution in [0.2, 0.25) is 0 Å². The molecule has 0 bridgehead atoms. The number of hydrogen-bond donors (Lipinski definition) is 0. The van der Waals surface area contributed by atoms with Crippen LogP contribution in [-0.2, 0) is 6.61 Å². The number of nitrogens with zero attached hydrogens (tertiary/aromatic N) is 5. The minimum atomic E-state index is 0.352. The Morgan fingerprint density at radius 1 is 0.964 bits per heavy atom. The summed E-state index contributed by atoms with van der Waals surface area (Å²) in [5, 5.41) is 4.21. The van der Waals surface area contributed by atoms with Crippen molar-refractivity contribution in [2.24, 2.45) is 0 Å². The Morgan fingerprint density at radius 2 is 1.79 bits per heavy atom. The molecule has 0 radical (unpaired) electrons. The van der Waals surface area contributed by atoms with E-state index in [-0.39, 0.29) is 0 Å². The number of aromatic nitrogens is 4. The van der Waals surface area contributed by atoms with Crippen LogP contribution < -0.4 is 9.64 Å². The van der Waals surface area contributed by atoms with Gasteiger partial charge in [-0.25, -0.2) is 4.98 Å². The van der Waals surface area contributed by atoms with Gasteiger partial charge >= 0.3 is 0 Å². The Morgan fingerprint density at radius 3 is 2.57 bits per heavy atom. The molecule has 28 heavy (non-hydrogen) atoms. The van der Waals surface area contributed by atoms with Crippen molar-refractivity contribution < 1.29 is 9.26 Å². The fourth-order valence-electron chi connectivity index (χ4n) is 3.54. The Bertz CT molecular complexity index is 917. The van der Waals surface area contributed by atoms with E-state index in [1.807, 2.05) is 30.3 Å². The smallest absolute Gasteiger partial charge is 0.229 e. The van der Waals surface area contributed by atoms with Gasteiger partial charge in [0.15, 0.2) is 5.82 Å². The van der Waals surface area contributed by atoms with E-state index in [1.54, 1.807) is 12.3 Å². The molecule has 144 valence electrons. The minimum Gasteiger partial charge on any atom is -0.473 e. The molecule has 1 aliphatic heterocycles. The molecule has 2 aromatic heterocycles. The van der Waals surface area contributed by atoms with Gasteiger partial charge in [0, 0.05) is 37.2 Å². The Labute approximate surface area is 163 Å². The molecular weight excluding hydrogens is 354 g/mol. The predicted octanol–water partition coefficient (Wildman–Crippen LogP) is 3.70. The summed E-state index contributed by atoms with van der Waals surface area (Å²) >= 11 is 0. The van der Waals surface area contributed by atoms with Gasteiger partial charge in [0.25, 0.3) is 0 Å². The summed E-state index contributed by atoms with van der Waals surface area (Å²) in [5.74, 6) is 3.86. The predicted molar refractivity (Wildman–Crippen MR) is 103 cm³/mol. The summed E-state index contributed by atoms with van der Waals surface area (Å²) in [6, 6.07) is 11.9. The molecule has 7 heteroatoms. The molecule has 0 atom stereocenters. The molecule has 3 aromatic rings. The molecule has 1 aliphatic carbocycles. The van der Waals surface area contributed by atoms with Gasteiger partial charge in [0.1, 0.15) is 6.61 Å². The highest BCUT2D eigenvalue weighted by molar-refractivity contribution is 5.33. The normalized spacial score (nSPS) is 17.6. The maximum absolute atomic E-state index is 5.83. The summed E-state index contributed by atoms with van der Waals surface area (Å²) in [6.45, 7) is 2.25. The molecule has 0 spiro atoms. The first-order valence-corrected chi connectivity index (χ1v) is 9.93. The molecule has 3 heterocycles. The van der Waals surface area contributed by atoms with Gasteiger partial charge in [-0.1, -0.05) is 35.5 Å². The number of ether oxygens (including phenoxy) is 1. The topological polar surface area (TPSA) is 77.2 Å². The summed E-state index contributed by atoms with van der Waals surface area (Å²) in [5.41, 5.74) is 1.12. The van der Waals surface area contributed by atoms with Crippen LogP contribution >= 0.6 is 0 Å². The Kier molecular flexibility index (Phi) is 4.64. The second kappa shape index (κ2) is 7.58. The second-order valence-electron chi connectivity index (χ2n) is 7.50. The first-order chi connectivity index (χ1) is 13.8. The van der Waals surface area contributed by atoms with E-state index in [4.69, 9.17) is 9.26 Å². The van der Waals surface area contributed by atoms with Gasteiger partial charge in [-0.3, -0.25) is 0 Å². The molecule has 0 unspecified atom stereocenters. The zero-order valence-corrected chi connectivity index (χ0v) is 15.7. The third kappa shape index (κ3) is 3.83. The third-order valence-corrected chi connectivity index (χ3v) is 5.37. The van der Waals surface area contributed by atoms with Crippen LogP contribution in [0.1, 0.15) is 54.8 Å². The van der Waals surface area contributed by atoms with Crippen LogP contribution in [0.15, 0.2) is 47.1 Å². The zero-order chi connectivity index (χ0) is 18.8. The number of rotatable bonds is 6. The van der Waals surface area contributed by atoms with Gasteiger partial charge in [-0.05, 0) is 31.2 Å². The SMILES string of the molecule is c1ccc(COc2ccnc(N3CCC(c4noc(C5CC5)n4)CC3)n2)cc1. The second-order valence-corrected chi connectivity index (χ2v) is 7.50. The molecule has 5 rings (SSSR count). The summed E-state index contributed by atoms with van der Waals surface area (Å²) < 4.78 is 11.3. The summed E-state index contributed by atoms with van der Waals surface area (Å²) in [6.07, 6.45) is 6.07. The van der Waals surface area contributed by atoms with E-state index in [2.05, 4.69) is 25.0 Å². The van der Waals surface area contributed by atoms with Gasteiger partial charge in [-0.2, -0.15) is 9.97 Å². The summed E-state index contributed by atoms with van der Waals surface area (Å²) in [4.78, 5) is 15.8. The van der Waals surface area contributed by atoms with Crippen molar-refractivity contribution in [3.05, 3.63) is 59.9 Å². The Balaban J connectivity index is 1.19. The lowest BCUT2D eigenvalue weighted by molar-refractivity contribution is 0.293. The number of anilines is 1. The highest BCUT2D eigenvalue weighted by atomic mass is 16.5. The molecule has 1 aromatic carbocycles. The average Bonchev–Trinajstić information content (AvgIpc) is 3.50. The van der Waals surface area contributed by atoms with Crippen LogP contribution in [0.3, 0.4) is 0 Å². The number of hydrogen-bond acceptors (Lipinski definition) is 7. The van der Waals surface area contributed by atoms with Crippen molar-refractivity contribution >= 4 is 5.95 Å². The molecule has 1 saturated carbocycles. The maximum atomic E-state index is 5.83. The standard InChI is InChI=1S/C21H23N5O2/c1-2-4-15(5-3-1)14-27-18-8-11-22-21(23-18)26-12-9-16(10-13-26)19-24-20(28-25-19)17-6-7-17/h1-5,8,11,16-17H,6-7,9-10,12-14H2. The zero-order valence-electron chi connectivity index (χ0n) is 15.7. The van der Waals surface area contributed by atoms with Gasteiger partial charge in [0.05, 0.1) is 0 Å². The maximum Gasteiger partial charge on any atom is 0.229 e. The fraction of sp³-hybridized carbons (Fsp3) is 0.429. The monoisotopic (exact) mass is 377 g/mol. The van der Waals surface area contributed by atoms with Crippen molar-refractivity contribution in [1.82, 2.24) is 20.1 Å². The van der Waals surface area contributed by atoms with Crippen LogP contribution in [0.25, 0.3) is 0 Å². The lowest BCUT2D eigenvalue weighted by atomic mass is 9.96. The fourth-order valence-corrected chi connectivity index (χ4v) is 3.54. The summed E-state index contributed by atoms with van der Waals surface area (Å²) in [7, 11) is 0. The van der Waals surface area contributed by atoms with Crippen molar-refractivity contribution in [3.8, 4) is 5.88 Å². The molecule has 7 nitrogen and oxygen atoms in total. The number of benzene rings is 1. The quantitative estimate of drug-likeness (QED) is 0.648. The van der Waals surface area contributed by atoms with Gasteiger partial charge in [0.2, 0.25) is 17.7 Å². The first-order valence-electron chi connectivity index (χ1n) is 9.93. The molecule has 0 amide bonds. The van der Waals surface area contributed by atoms with Crippen LogP contribution in [0.4, 0.5) is 5.95 Å². The van der Waals surface area contributed by atoms with Crippen LogP contribution in [0.5, 0.6) is 5.88 Å². The average molecular weight is 377 g/mol. The largest absolute Gasteiger partial charge is 0.473 e. The van der Waals surface area contributed by atoms with Crippen molar-refractivity contribution in [1.29, 1.82) is 0 Å². The van der Waals surface area contributed by atoms with Crippen molar-refractivity contribution in [3.63, 3.8) is 0 Å². The lowest BCUT2D eigenvalue weighted by Gasteiger charge is -2.30. The number of piperidine rings is 1. The molecule has 1 saturated heterocycles. The molecule has 0 N–H and O–H groups in total. The molecule has 2 aliphatic rings. The van der Waals surface area contributed by atoms with E-state index in [0.29, 0.717) is 24.3 Å². The van der Waals surface area contributed by atoms with E-state index in [0.717, 1.165) is 49.2 Å². The van der Waals surface area contributed by atoms with Gasteiger partial charge < -0.3 is 14.2 Å². The highest BCUT2D eigenvalue weighted by Gasteiger charge is 2.32. The third-order valence-electron chi connectivity index (χ3n) is 5.37. The van der Waals surface area contributed by atoms with Crippen LogP contribution in [-0.4, -0.2) is 33.2 Å². The molecular formula is C21H23N5O2. The van der Waals surface area contributed by atoms with Gasteiger partial charge in [-0.15, -0.1) is 0 Å².